The summed E-state index contributed by atoms with van der Waals surface area (Å²) >= 11 is 0. The monoisotopic (exact) mass is 250 g/mol. The lowest BCUT2D eigenvalue weighted by Gasteiger charge is -2.41. The van der Waals surface area contributed by atoms with Crippen LogP contribution < -0.4 is 5.73 Å². The van der Waals surface area contributed by atoms with E-state index in [0.717, 1.165) is 17.9 Å². The molecule has 0 aromatic carbocycles. The van der Waals surface area contributed by atoms with E-state index >= 15 is 0 Å². The van der Waals surface area contributed by atoms with Gasteiger partial charge in [-0.3, -0.25) is 4.90 Å². The Bertz CT molecular complexity index is 242. The second kappa shape index (κ2) is 5.92. The molecule has 104 valence electrons. The molecule has 2 heteroatoms. The Kier molecular flexibility index (Phi) is 4.25. The Balaban J connectivity index is 1.59. The highest BCUT2D eigenvalue weighted by molar-refractivity contribution is 4.96. The number of nitrogens with zero attached hydrogens (tertiary/aromatic N) is 1. The van der Waals surface area contributed by atoms with Gasteiger partial charge in [0.05, 0.1) is 0 Å². The summed E-state index contributed by atoms with van der Waals surface area (Å²) in [5.74, 6) is 1.63. The fraction of sp³-hybridized carbons (Fsp3) is 1.00. The average molecular weight is 250 g/mol. The summed E-state index contributed by atoms with van der Waals surface area (Å²) in [5, 5.41) is 0. The van der Waals surface area contributed by atoms with Crippen molar-refractivity contribution in [3.8, 4) is 0 Å². The van der Waals surface area contributed by atoms with E-state index in [0.29, 0.717) is 6.04 Å². The van der Waals surface area contributed by atoms with Crippen molar-refractivity contribution in [3.05, 3.63) is 0 Å². The molecule has 2 aliphatic carbocycles. The summed E-state index contributed by atoms with van der Waals surface area (Å²) in [6.45, 7) is 2.62. The molecule has 1 saturated heterocycles. The highest BCUT2D eigenvalue weighted by atomic mass is 15.2. The number of rotatable bonds is 1. The van der Waals surface area contributed by atoms with E-state index in [2.05, 4.69) is 4.90 Å². The molecule has 0 amide bonds. The van der Waals surface area contributed by atoms with Gasteiger partial charge in [-0.15, -0.1) is 0 Å². The zero-order valence-corrected chi connectivity index (χ0v) is 11.8. The van der Waals surface area contributed by atoms with Crippen LogP contribution in [0.5, 0.6) is 0 Å². The molecule has 1 heterocycles. The van der Waals surface area contributed by atoms with E-state index in [-0.39, 0.29) is 0 Å². The van der Waals surface area contributed by atoms with Crippen molar-refractivity contribution in [2.24, 2.45) is 17.6 Å². The fourth-order valence-corrected chi connectivity index (χ4v) is 4.58. The van der Waals surface area contributed by atoms with Crippen LogP contribution in [-0.4, -0.2) is 30.1 Å². The highest BCUT2D eigenvalue weighted by Gasteiger charge is 2.41. The van der Waals surface area contributed by atoms with Crippen LogP contribution >= 0.6 is 0 Å². The first-order chi connectivity index (χ1) is 8.84. The van der Waals surface area contributed by atoms with Crippen LogP contribution in [0.3, 0.4) is 0 Å². The molecule has 2 saturated carbocycles. The maximum atomic E-state index is 6.33. The van der Waals surface area contributed by atoms with E-state index in [1.54, 1.807) is 0 Å². The lowest BCUT2D eigenvalue weighted by Crippen LogP contribution is -2.52. The summed E-state index contributed by atoms with van der Waals surface area (Å²) in [5.41, 5.74) is 6.33. The molecule has 0 spiro atoms. The molecular weight excluding hydrogens is 220 g/mol. The maximum Gasteiger partial charge on any atom is 0.0120 e. The van der Waals surface area contributed by atoms with Gasteiger partial charge in [-0.1, -0.05) is 38.5 Å². The van der Waals surface area contributed by atoms with Gasteiger partial charge in [0.15, 0.2) is 0 Å². The van der Waals surface area contributed by atoms with Crippen LogP contribution in [0.4, 0.5) is 0 Å². The Hall–Kier alpha value is -0.0800. The van der Waals surface area contributed by atoms with Crippen molar-refractivity contribution < 1.29 is 0 Å². The molecule has 3 fully saturated rings. The minimum Gasteiger partial charge on any atom is -0.327 e. The minimum absolute atomic E-state index is 0.526. The third-order valence-corrected chi connectivity index (χ3v) is 5.78. The van der Waals surface area contributed by atoms with Crippen molar-refractivity contribution in [1.29, 1.82) is 0 Å². The molecule has 2 bridgehead atoms. The van der Waals surface area contributed by atoms with Crippen LogP contribution in [0, 0.1) is 11.8 Å². The Morgan fingerprint density at radius 2 is 1.17 bits per heavy atom. The standard InChI is InChI=1S/C16H30N2/c17-16-13-9-10-14(16)12-18(11-13)15-7-5-3-1-2-4-6-8-15/h13-16H,1-12,17H2/t13-,14+,16?. The van der Waals surface area contributed by atoms with E-state index in [4.69, 9.17) is 5.73 Å². The van der Waals surface area contributed by atoms with Gasteiger partial charge >= 0.3 is 0 Å². The number of likely N-dealkylation sites (tertiary alicyclic amines) is 1. The molecule has 0 radical (unpaired) electrons. The van der Waals surface area contributed by atoms with Crippen LogP contribution in [-0.2, 0) is 0 Å². The largest absolute Gasteiger partial charge is 0.327 e. The maximum absolute atomic E-state index is 6.33. The number of hydrogen-bond acceptors (Lipinski definition) is 2. The van der Waals surface area contributed by atoms with E-state index in [1.807, 2.05) is 0 Å². The van der Waals surface area contributed by atoms with Crippen molar-refractivity contribution >= 4 is 0 Å². The predicted molar refractivity (Wildman–Crippen MR) is 76.5 cm³/mol. The van der Waals surface area contributed by atoms with Crippen LogP contribution in [0.15, 0.2) is 0 Å². The van der Waals surface area contributed by atoms with Gasteiger partial charge in [0.1, 0.15) is 0 Å². The van der Waals surface area contributed by atoms with Gasteiger partial charge in [0, 0.05) is 25.2 Å². The van der Waals surface area contributed by atoms with Crippen molar-refractivity contribution in [2.45, 2.75) is 76.3 Å². The van der Waals surface area contributed by atoms with Gasteiger partial charge in [-0.2, -0.15) is 0 Å². The average Bonchev–Trinajstić information content (AvgIpc) is 2.64. The number of fused-ring (bicyclic) bond motifs is 2. The van der Waals surface area contributed by atoms with Crippen LogP contribution in [0.25, 0.3) is 0 Å². The van der Waals surface area contributed by atoms with Gasteiger partial charge in [0.2, 0.25) is 0 Å². The topological polar surface area (TPSA) is 29.3 Å². The summed E-state index contributed by atoms with van der Waals surface area (Å²) < 4.78 is 0. The molecule has 0 aromatic heterocycles. The molecule has 3 aliphatic rings. The third kappa shape index (κ3) is 2.75. The third-order valence-electron chi connectivity index (χ3n) is 5.78. The lowest BCUT2D eigenvalue weighted by atomic mass is 9.90. The predicted octanol–water partition coefficient (Wildman–Crippen LogP) is 3.16. The van der Waals surface area contributed by atoms with Crippen LogP contribution in [0.2, 0.25) is 0 Å². The van der Waals surface area contributed by atoms with Gasteiger partial charge in [0.25, 0.3) is 0 Å². The van der Waals surface area contributed by atoms with Gasteiger partial charge < -0.3 is 5.73 Å². The molecule has 18 heavy (non-hydrogen) atoms. The summed E-state index contributed by atoms with van der Waals surface area (Å²) in [6.07, 6.45) is 14.5. The first-order valence-corrected chi connectivity index (χ1v) is 8.34. The molecule has 1 unspecified atom stereocenters. The second-order valence-corrected chi connectivity index (χ2v) is 6.98. The molecule has 1 aliphatic heterocycles. The molecule has 2 nitrogen and oxygen atoms in total. The Morgan fingerprint density at radius 1 is 0.667 bits per heavy atom. The normalized spacial score (nSPS) is 40.2. The van der Waals surface area contributed by atoms with Gasteiger partial charge in [-0.25, -0.2) is 0 Å². The van der Waals surface area contributed by atoms with Crippen molar-refractivity contribution in [3.63, 3.8) is 0 Å². The molecular formula is C16H30N2. The number of nitrogens with two attached hydrogens (primary N) is 1. The molecule has 0 aromatic rings. The quantitative estimate of drug-likeness (QED) is 0.774. The van der Waals surface area contributed by atoms with E-state index in [9.17, 15) is 0 Å². The van der Waals surface area contributed by atoms with Crippen molar-refractivity contribution in [1.82, 2.24) is 4.90 Å². The van der Waals surface area contributed by atoms with Crippen molar-refractivity contribution in [2.75, 3.05) is 13.1 Å². The molecule has 3 atom stereocenters. The zero-order chi connectivity index (χ0) is 12.4. The van der Waals surface area contributed by atoms with Crippen LogP contribution in [0.1, 0.15) is 64.2 Å². The zero-order valence-electron chi connectivity index (χ0n) is 11.8. The number of piperidine rings is 1. The number of hydrogen-bond donors (Lipinski definition) is 1. The summed E-state index contributed by atoms with van der Waals surface area (Å²) in [7, 11) is 0. The Morgan fingerprint density at radius 3 is 1.72 bits per heavy atom. The second-order valence-electron chi connectivity index (χ2n) is 6.98. The smallest absolute Gasteiger partial charge is 0.0120 e. The molecule has 2 N–H and O–H groups in total. The minimum atomic E-state index is 0.526. The summed E-state index contributed by atoms with van der Waals surface area (Å²) in [6, 6.07) is 1.41. The van der Waals surface area contributed by atoms with E-state index in [1.165, 1.54) is 77.3 Å². The Labute approximate surface area is 112 Å². The fourth-order valence-electron chi connectivity index (χ4n) is 4.58. The van der Waals surface area contributed by atoms with Gasteiger partial charge in [-0.05, 0) is 37.5 Å². The lowest BCUT2D eigenvalue weighted by molar-refractivity contribution is 0.0898. The van der Waals surface area contributed by atoms with E-state index < -0.39 is 0 Å². The first-order valence-electron chi connectivity index (χ1n) is 8.34. The summed E-state index contributed by atoms with van der Waals surface area (Å²) in [4.78, 5) is 2.83. The first kappa shape index (κ1) is 12.9. The highest BCUT2D eigenvalue weighted by Crippen LogP contribution is 2.37. The molecule has 3 rings (SSSR count). The SMILES string of the molecule is NC1[C@@H]2CC[C@H]1CN(C1CCCCCCCC1)C2.